The van der Waals surface area contributed by atoms with E-state index >= 15 is 8.78 Å². The van der Waals surface area contributed by atoms with Crippen LogP contribution in [-0.2, 0) is 37.0 Å². The molecule has 16 heteroatoms. The van der Waals surface area contributed by atoms with E-state index in [4.69, 9.17) is 9.47 Å². The molecular formula is C42H43BrF2N4O6S3. The number of imidazole rings is 1. The van der Waals surface area contributed by atoms with Gasteiger partial charge in [-0.2, -0.15) is 11.8 Å². The van der Waals surface area contributed by atoms with Crippen LogP contribution in [0, 0.1) is 18.6 Å². The molecule has 6 aromatic rings. The van der Waals surface area contributed by atoms with Crippen molar-refractivity contribution in [2.45, 2.75) is 62.6 Å². The van der Waals surface area contributed by atoms with Gasteiger partial charge in [-0.3, -0.25) is 4.79 Å². The molecule has 2 heterocycles. The summed E-state index contributed by atoms with van der Waals surface area (Å²) in [6, 6.07) is 20.1. The normalized spacial score (nSPS) is 13.1. The highest BCUT2D eigenvalue weighted by Gasteiger charge is 2.28. The zero-order valence-corrected chi connectivity index (χ0v) is 36.5. The van der Waals surface area contributed by atoms with Gasteiger partial charge in [0.05, 0.1) is 56.8 Å². The first-order chi connectivity index (χ1) is 27.6. The van der Waals surface area contributed by atoms with Crippen molar-refractivity contribution in [2.24, 2.45) is 0 Å². The van der Waals surface area contributed by atoms with Gasteiger partial charge in [-0.1, -0.05) is 45.8 Å². The number of nitrogens with zero attached hydrogens (tertiary/aromatic N) is 2. The Labute approximate surface area is 351 Å². The molecule has 0 saturated heterocycles. The number of hydrogen-bond donors (Lipinski definition) is 2. The molecule has 0 bridgehead atoms. The van der Waals surface area contributed by atoms with E-state index in [9.17, 15) is 17.4 Å². The number of fused-ring (bicyclic) bond motifs is 1. The van der Waals surface area contributed by atoms with E-state index in [1.165, 1.54) is 43.6 Å². The molecule has 2 atom stereocenters. The van der Waals surface area contributed by atoms with E-state index < -0.39 is 43.4 Å². The summed E-state index contributed by atoms with van der Waals surface area (Å²) in [7, 11) is -4.22. The SMILES string of the molecule is COC(=O)CCCSCCc1c(Oc2ccc(F)c(-c3ncc(C(N[S@](=O)C(C)(C)C)c4cccc(Br)c4)[nH]3)c2)c(F)cc2c1ccn2S(=O)(=O)c1ccc(C)cc1. The number of thioether (sulfide) groups is 1. The molecule has 10 nitrogen and oxygen atoms in total. The third-order valence-electron chi connectivity index (χ3n) is 9.22. The fraction of sp³-hybridized carbons (Fsp3) is 0.286. The van der Waals surface area contributed by atoms with Crippen LogP contribution >= 0.6 is 27.7 Å². The van der Waals surface area contributed by atoms with E-state index in [-0.39, 0.29) is 52.1 Å². The molecule has 4 aromatic carbocycles. The third kappa shape index (κ3) is 9.91. The molecule has 0 aliphatic heterocycles. The average Bonchev–Trinajstić information content (AvgIpc) is 3.84. The summed E-state index contributed by atoms with van der Waals surface area (Å²) in [6.45, 7) is 7.42. The Bertz CT molecular complexity index is 2570. The molecule has 6 rings (SSSR count). The number of halogens is 3. The fourth-order valence-electron chi connectivity index (χ4n) is 6.13. The van der Waals surface area contributed by atoms with Crippen LogP contribution in [0.15, 0.2) is 101 Å². The number of ether oxygens (including phenoxy) is 2. The summed E-state index contributed by atoms with van der Waals surface area (Å²) < 4.78 is 88.2. The second-order valence-corrected chi connectivity index (χ2v) is 20.4. The van der Waals surface area contributed by atoms with Gasteiger partial charge in [0.2, 0.25) is 0 Å². The van der Waals surface area contributed by atoms with E-state index in [1.54, 1.807) is 36.2 Å². The Balaban J connectivity index is 1.35. The number of H-pyrrole nitrogens is 1. The van der Waals surface area contributed by atoms with Crippen molar-refractivity contribution in [3.05, 3.63) is 130 Å². The second kappa shape index (κ2) is 18.3. The summed E-state index contributed by atoms with van der Waals surface area (Å²) in [5, 5.41) is 0.471. The number of carbonyl (C=O) groups is 1. The molecule has 0 amide bonds. The molecular weight excluding hydrogens is 871 g/mol. The predicted octanol–water partition coefficient (Wildman–Crippen LogP) is 9.78. The predicted molar refractivity (Wildman–Crippen MR) is 229 cm³/mol. The Kier molecular flexibility index (Phi) is 13.6. The van der Waals surface area contributed by atoms with Crippen molar-refractivity contribution < 1.29 is 35.7 Å². The summed E-state index contributed by atoms with van der Waals surface area (Å²) in [6.07, 6.45) is 4.09. The zero-order chi connectivity index (χ0) is 41.8. The fourth-order valence-corrected chi connectivity index (χ4v) is 9.62. The minimum atomic E-state index is -4.08. The number of rotatable bonds is 16. The van der Waals surface area contributed by atoms with Crippen molar-refractivity contribution >= 4 is 65.6 Å². The lowest BCUT2D eigenvalue weighted by atomic mass is 10.1. The van der Waals surface area contributed by atoms with Crippen LogP contribution in [0.1, 0.15) is 62.0 Å². The van der Waals surface area contributed by atoms with Gasteiger partial charge in [0.15, 0.2) is 11.6 Å². The Hall–Kier alpha value is -4.35. The van der Waals surface area contributed by atoms with Crippen LogP contribution in [0.4, 0.5) is 8.78 Å². The molecule has 0 saturated carbocycles. The molecule has 2 N–H and O–H groups in total. The number of aromatic nitrogens is 3. The van der Waals surface area contributed by atoms with Crippen LogP contribution in [0.25, 0.3) is 22.3 Å². The zero-order valence-electron chi connectivity index (χ0n) is 32.5. The Morgan fingerprint density at radius 1 is 1.03 bits per heavy atom. The van der Waals surface area contributed by atoms with Crippen molar-refractivity contribution in [3.8, 4) is 22.9 Å². The van der Waals surface area contributed by atoms with Crippen LogP contribution in [-0.4, -0.2) is 55.9 Å². The Morgan fingerprint density at radius 3 is 2.50 bits per heavy atom. The lowest BCUT2D eigenvalue weighted by Gasteiger charge is -2.24. The number of hydrogen-bond acceptors (Lipinski definition) is 8. The standard InChI is InChI=1S/C42H43BrF2N4O6S3/c1-26-11-14-30(15-12-26)58(52,53)49-19-17-31-32(18-21-56-20-7-10-38(50)54-5)40(35(45)24-37(31)49)55-29-13-16-34(44)33(23-29)41-46-25-36(47-41)39(48-57(51)42(2,3)4)27-8-6-9-28(43)22-27/h6,8-9,11-17,19,22-25,39,48H,7,10,18,20-21H2,1-5H3,(H,46,47)/t39?,57-/m1/s1. The molecule has 0 radical (unpaired) electrons. The maximum Gasteiger partial charge on any atom is 0.305 e. The van der Waals surface area contributed by atoms with Crippen LogP contribution in [0.5, 0.6) is 11.5 Å². The molecule has 306 valence electrons. The van der Waals surface area contributed by atoms with Crippen LogP contribution < -0.4 is 9.46 Å². The van der Waals surface area contributed by atoms with Crippen molar-refractivity contribution in [2.75, 3.05) is 18.6 Å². The van der Waals surface area contributed by atoms with E-state index in [2.05, 4.69) is 30.6 Å². The van der Waals surface area contributed by atoms with Crippen molar-refractivity contribution in [1.82, 2.24) is 18.7 Å². The number of benzene rings is 4. The minimum Gasteiger partial charge on any atom is -0.469 e. The lowest BCUT2D eigenvalue weighted by molar-refractivity contribution is -0.140. The summed E-state index contributed by atoms with van der Waals surface area (Å²) in [5.41, 5.74) is 2.83. The van der Waals surface area contributed by atoms with E-state index in [0.29, 0.717) is 34.6 Å². The highest BCUT2D eigenvalue weighted by atomic mass is 79.9. The smallest absolute Gasteiger partial charge is 0.305 e. The lowest BCUT2D eigenvalue weighted by Crippen LogP contribution is -2.36. The van der Waals surface area contributed by atoms with Crippen LogP contribution in [0.2, 0.25) is 0 Å². The van der Waals surface area contributed by atoms with Crippen molar-refractivity contribution in [1.29, 1.82) is 0 Å². The molecule has 0 spiro atoms. The van der Waals surface area contributed by atoms with E-state index in [1.807, 2.05) is 52.0 Å². The first kappa shape index (κ1) is 43.2. The maximum absolute atomic E-state index is 16.4. The summed E-state index contributed by atoms with van der Waals surface area (Å²) >= 11 is 5.06. The van der Waals surface area contributed by atoms with Gasteiger partial charge in [0.1, 0.15) is 17.4 Å². The average molecular weight is 914 g/mol. The van der Waals surface area contributed by atoms with Gasteiger partial charge in [-0.05, 0) is 106 Å². The summed E-state index contributed by atoms with van der Waals surface area (Å²) in [4.78, 5) is 19.3. The van der Waals surface area contributed by atoms with Gasteiger partial charge in [-0.25, -0.2) is 35.1 Å². The Morgan fingerprint density at radius 2 is 1.79 bits per heavy atom. The third-order valence-corrected chi connectivity index (χ3v) is 14.1. The van der Waals surface area contributed by atoms with E-state index in [0.717, 1.165) is 25.6 Å². The first-order valence-corrected chi connectivity index (χ1v) is 22.9. The number of aromatic amines is 1. The first-order valence-electron chi connectivity index (χ1n) is 18.3. The van der Waals surface area contributed by atoms with Gasteiger partial charge >= 0.3 is 5.97 Å². The number of nitrogens with one attached hydrogen (secondary N) is 2. The van der Waals surface area contributed by atoms with Gasteiger partial charge in [-0.15, -0.1) is 0 Å². The molecule has 1 unspecified atom stereocenters. The topological polar surface area (TPSA) is 132 Å². The number of aryl methyl sites for hydroxylation is 2. The van der Waals surface area contributed by atoms with Crippen LogP contribution in [0.3, 0.4) is 0 Å². The van der Waals surface area contributed by atoms with Crippen molar-refractivity contribution in [3.63, 3.8) is 0 Å². The second-order valence-electron chi connectivity index (χ2n) is 14.5. The number of methoxy groups -OCH3 is 1. The molecule has 2 aromatic heterocycles. The summed E-state index contributed by atoms with van der Waals surface area (Å²) in [5.74, 6) is -0.432. The van der Waals surface area contributed by atoms with Gasteiger partial charge < -0.3 is 14.5 Å². The highest BCUT2D eigenvalue weighted by molar-refractivity contribution is 9.10. The highest BCUT2D eigenvalue weighted by Crippen LogP contribution is 2.39. The van der Waals surface area contributed by atoms with Gasteiger partial charge in [0, 0.05) is 34.1 Å². The molecule has 0 aliphatic carbocycles. The molecule has 58 heavy (non-hydrogen) atoms. The number of carbonyl (C=O) groups excluding carboxylic acids is 1. The van der Waals surface area contributed by atoms with Gasteiger partial charge in [0.25, 0.3) is 10.0 Å². The molecule has 0 aliphatic rings. The number of esters is 1. The quantitative estimate of drug-likeness (QED) is 0.0725. The minimum absolute atomic E-state index is 0.0493. The maximum atomic E-state index is 16.4. The largest absolute Gasteiger partial charge is 0.469 e. The monoisotopic (exact) mass is 912 g/mol. The molecule has 0 fully saturated rings.